The molecule has 2 atom stereocenters. The summed E-state index contributed by atoms with van der Waals surface area (Å²) in [4.78, 5) is 11.7. The van der Waals surface area contributed by atoms with Crippen LogP contribution in [0.2, 0.25) is 19.1 Å². The van der Waals surface area contributed by atoms with Crippen LogP contribution in [0.25, 0.3) is 0 Å². The lowest BCUT2D eigenvalue weighted by Crippen LogP contribution is -2.36. The first-order chi connectivity index (χ1) is 10.5. The highest BCUT2D eigenvalue weighted by molar-refractivity contribution is 6.77. The topological polar surface area (TPSA) is 26.3 Å². The van der Waals surface area contributed by atoms with Crippen molar-refractivity contribution in [3.63, 3.8) is 0 Å². The van der Waals surface area contributed by atoms with Crippen LogP contribution in [0.15, 0.2) is 30.3 Å². The number of carbonyl (C=O) groups is 1. The van der Waals surface area contributed by atoms with Gasteiger partial charge >= 0.3 is 5.97 Å². The summed E-state index contributed by atoms with van der Waals surface area (Å²) in [7, 11) is -1.41. The molecule has 0 N–H and O–H groups in total. The summed E-state index contributed by atoms with van der Waals surface area (Å²) in [6.45, 7) is 7.08. The van der Waals surface area contributed by atoms with Crippen molar-refractivity contribution in [1.29, 1.82) is 0 Å². The van der Waals surface area contributed by atoms with E-state index in [1.165, 1.54) is 30.9 Å². The highest BCUT2D eigenvalue weighted by Crippen LogP contribution is 2.33. The van der Waals surface area contributed by atoms with E-state index >= 15 is 0 Å². The Labute approximate surface area is 136 Å². The summed E-state index contributed by atoms with van der Waals surface area (Å²) in [6, 6.07) is 13.0. The van der Waals surface area contributed by atoms with Crippen molar-refractivity contribution in [2.45, 2.75) is 70.3 Å². The van der Waals surface area contributed by atoms with E-state index in [0.717, 1.165) is 12.5 Å². The zero-order valence-corrected chi connectivity index (χ0v) is 15.3. The zero-order valence-electron chi connectivity index (χ0n) is 14.3. The predicted octanol–water partition coefficient (Wildman–Crippen LogP) is 4.99. The predicted molar refractivity (Wildman–Crippen MR) is 94.6 cm³/mol. The third-order valence-corrected chi connectivity index (χ3v) is 7.57. The molecule has 0 saturated carbocycles. The van der Waals surface area contributed by atoms with Gasteiger partial charge in [-0.2, -0.15) is 0 Å². The van der Waals surface area contributed by atoms with Crippen molar-refractivity contribution >= 4 is 14.0 Å². The number of ether oxygens (including phenoxy) is 1. The van der Waals surface area contributed by atoms with E-state index in [-0.39, 0.29) is 12.1 Å². The van der Waals surface area contributed by atoms with Crippen LogP contribution in [0, 0.1) is 5.92 Å². The van der Waals surface area contributed by atoms with Gasteiger partial charge in [-0.1, -0.05) is 75.2 Å². The molecular weight excluding hydrogens is 288 g/mol. The minimum absolute atomic E-state index is 0.0241. The molecule has 1 heterocycles. The van der Waals surface area contributed by atoms with E-state index in [9.17, 15) is 4.79 Å². The lowest BCUT2D eigenvalue weighted by atomic mass is 9.95. The van der Waals surface area contributed by atoms with Gasteiger partial charge in [-0.25, -0.2) is 0 Å². The van der Waals surface area contributed by atoms with Gasteiger partial charge in [-0.15, -0.1) is 0 Å². The molecule has 0 radical (unpaired) electrons. The van der Waals surface area contributed by atoms with E-state index in [4.69, 9.17) is 4.74 Å². The monoisotopic (exact) mass is 318 g/mol. The molecule has 1 fully saturated rings. The first kappa shape index (κ1) is 17.3. The van der Waals surface area contributed by atoms with Crippen LogP contribution in [0.1, 0.15) is 44.6 Å². The maximum atomic E-state index is 11.7. The summed E-state index contributed by atoms with van der Waals surface area (Å²) in [6.07, 6.45) is 5.71. The quantitative estimate of drug-likeness (QED) is 0.383. The summed E-state index contributed by atoms with van der Waals surface area (Å²) in [5, 5.41) is 0. The molecule has 0 unspecified atom stereocenters. The van der Waals surface area contributed by atoms with Crippen LogP contribution in [-0.4, -0.2) is 20.1 Å². The van der Waals surface area contributed by atoms with E-state index in [1.807, 2.05) is 0 Å². The molecule has 1 saturated heterocycles. The average Bonchev–Trinajstić information content (AvgIpc) is 2.79. The van der Waals surface area contributed by atoms with Crippen molar-refractivity contribution in [3.05, 3.63) is 35.9 Å². The lowest BCUT2D eigenvalue weighted by Gasteiger charge is -2.28. The van der Waals surface area contributed by atoms with Gasteiger partial charge in [0.2, 0.25) is 0 Å². The fraction of sp³-hybridized carbons (Fsp3) is 0.632. The number of cyclic esters (lactones) is 1. The second kappa shape index (κ2) is 7.96. The fourth-order valence-corrected chi connectivity index (χ4v) is 6.57. The molecule has 2 rings (SSSR count). The van der Waals surface area contributed by atoms with E-state index in [1.54, 1.807) is 0 Å². The van der Waals surface area contributed by atoms with Gasteiger partial charge in [0, 0.05) is 5.92 Å². The van der Waals surface area contributed by atoms with Crippen LogP contribution >= 0.6 is 0 Å². The van der Waals surface area contributed by atoms with Crippen molar-refractivity contribution < 1.29 is 9.53 Å². The first-order valence-electron chi connectivity index (χ1n) is 8.73. The van der Waals surface area contributed by atoms with Gasteiger partial charge < -0.3 is 4.74 Å². The van der Waals surface area contributed by atoms with Gasteiger partial charge in [0.05, 0.1) is 14.5 Å². The minimum Gasteiger partial charge on any atom is -0.462 e. The maximum absolute atomic E-state index is 11.7. The Kier molecular flexibility index (Phi) is 6.24. The summed E-state index contributed by atoms with van der Waals surface area (Å²) in [5.41, 5.74) is 1.42. The third-order valence-electron chi connectivity index (χ3n) is 4.70. The molecule has 1 aliphatic rings. The van der Waals surface area contributed by atoms with Gasteiger partial charge in [-0.05, 0) is 18.5 Å². The molecule has 0 amide bonds. The number of esters is 1. The number of carbonyl (C=O) groups excluding carboxylic acids is 1. The second-order valence-electron chi connectivity index (χ2n) is 7.52. The number of rotatable bonds is 8. The molecule has 22 heavy (non-hydrogen) atoms. The number of benzene rings is 1. The molecule has 1 aromatic rings. The largest absolute Gasteiger partial charge is 0.462 e. The van der Waals surface area contributed by atoms with Crippen LogP contribution in [0.3, 0.4) is 0 Å². The van der Waals surface area contributed by atoms with Crippen molar-refractivity contribution in [1.82, 2.24) is 0 Å². The molecule has 0 aliphatic carbocycles. The van der Waals surface area contributed by atoms with E-state index in [0.29, 0.717) is 12.3 Å². The van der Waals surface area contributed by atoms with Crippen molar-refractivity contribution in [3.8, 4) is 0 Å². The van der Waals surface area contributed by atoms with Crippen molar-refractivity contribution in [2.75, 3.05) is 0 Å². The Hall–Kier alpha value is -1.09. The number of hydrogen-bond donors (Lipinski definition) is 0. The summed E-state index contributed by atoms with van der Waals surface area (Å²) in [5.74, 6) is 0.484. The molecule has 122 valence electrons. The van der Waals surface area contributed by atoms with Crippen LogP contribution in [0.5, 0.6) is 0 Å². The van der Waals surface area contributed by atoms with Gasteiger partial charge in [0.1, 0.15) is 6.10 Å². The Balaban J connectivity index is 1.92. The van der Waals surface area contributed by atoms with E-state index < -0.39 is 8.07 Å². The fourth-order valence-electron chi connectivity index (χ4n) is 3.58. The molecule has 0 spiro atoms. The molecule has 1 aromatic carbocycles. The third kappa shape index (κ3) is 5.27. The highest BCUT2D eigenvalue weighted by atomic mass is 28.3. The van der Waals surface area contributed by atoms with Gasteiger partial charge in [-0.3, -0.25) is 4.79 Å². The molecule has 3 heteroatoms. The SMILES string of the molecule is CCCCC[C@H]1CC(=O)O[C@@H]1C[Si](C)(C)Cc1ccccc1. The molecule has 0 aromatic heterocycles. The Morgan fingerprint density at radius 3 is 2.59 bits per heavy atom. The lowest BCUT2D eigenvalue weighted by molar-refractivity contribution is -0.140. The standard InChI is InChI=1S/C19H30O2Si/c1-4-5-7-12-17-13-19(20)21-18(17)15-22(2,3)14-16-10-8-6-9-11-16/h6,8-11,17-18H,4-5,7,12-15H2,1-3H3/t17-,18+/m0/s1. The zero-order chi connectivity index (χ0) is 16.0. The van der Waals surface area contributed by atoms with Crippen molar-refractivity contribution in [2.24, 2.45) is 5.92 Å². The Bertz CT molecular complexity index is 470. The highest BCUT2D eigenvalue weighted by Gasteiger charge is 2.38. The smallest absolute Gasteiger partial charge is 0.306 e. The van der Waals surface area contributed by atoms with Crippen LogP contribution < -0.4 is 0 Å². The number of unbranched alkanes of at least 4 members (excludes halogenated alkanes) is 2. The van der Waals surface area contributed by atoms with Gasteiger partial charge in [0.25, 0.3) is 0 Å². The Morgan fingerprint density at radius 1 is 1.18 bits per heavy atom. The normalized spacial score (nSPS) is 21.9. The molecule has 2 nitrogen and oxygen atoms in total. The second-order valence-corrected chi connectivity index (χ2v) is 12.6. The molecule has 0 bridgehead atoms. The van der Waals surface area contributed by atoms with Crippen LogP contribution in [0.4, 0.5) is 0 Å². The van der Waals surface area contributed by atoms with Gasteiger partial charge in [0.15, 0.2) is 0 Å². The Morgan fingerprint density at radius 2 is 1.91 bits per heavy atom. The summed E-state index contributed by atoms with van der Waals surface area (Å²) >= 11 is 0. The van der Waals surface area contributed by atoms with Crippen LogP contribution in [-0.2, 0) is 15.6 Å². The minimum atomic E-state index is -1.41. The average molecular weight is 319 g/mol. The van der Waals surface area contributed by atoms with E-state index in [2.05, 4.69) is 50.3 Å². The first-order valence-corrected chi connectivity index (χ1v) is 12.1. The summed E-state index contributed by atoms with van der Waals surface area (Å²) < 4.78 is 5.67. The molecular formula is C19H30O2Si. The maximum Gasteiger partial charge on any atom is 0.306 e. The number of hydrogen-bond acceptors (Lipinski definition) is 2. The molecule has 1 aliphatic heterocycles.